The van der Waals surface area contributed by atoms with E-state index in [-0.39, 0.29) is 0 Å². The van der Waals surface area contributed by atoms with Crippen LogP contribution in [0.1, 0.15) is 10.4 Å². The highest BCUT2D eigenvalue weighted by molar-refractivity contribution is 14.1. The topological polar surface area (TPSA) is 66.6 Å². The SMILES string of the molecule is [N-]=[N+]=NCCn1ncc2c1-c1cc(I)sc1CC2. The van der Waals surface area contributed by atoms with E-state index in [1.54, 1.807) is 0 Å². The second kappa shape index (κ2) is 4.91. The number of aryl methyl sites for hydroxylation is 2. The fourth-order valence-electron chi connectivity index (χ4n) is 2.30. The highest BCUT2D eigenvalue weighted by Crippen LogP contribution is 2.39. The molecule has 0 saturated heterocycles. The number of fused-ring (bicyclic) bond motifs is 3. The van der Waals surface area contributed by atoms with Gasteiger partial charge in [0, 0.05) is 28.4 Å². The van der Waals surface area contributed by atoms with Crippen LogP contribution in [0.15, 0.2) is 17.4 Å². The summed E-state index contributed by atoms with van der Waals surface area (Å²) in [5.74, 6) is 0. The summed E-state index contributed by atoms with van der Waals surface area (Å²) in [6, 6.07) is 2.23. The second-order valence-electron chi connectivity index (χ2n) is 4.08. The van der Waals surface area contributed by atoms with Crippen molar-refractivity contribution in [3.8, 4) is 11.3 Å². The Bertz CT molecular complexity index is 638. The Labute approximate surface area is 122 Å². The van der Waals surface area contributed by atoms with Gasteiger partial charge in [0.1, 0.15) is 0 Å². The van der Waals surface area contributed by atoms with Crippen molar-refractivity contribution in [1.29, 1.82) is 0 Å². The van der Waals surface area contributed by atoms with E-state index in [9.17, 15) is 0 Å². The zero-order chi connectivity index (χ0) is 12.5. The Balaban J connectivity index is 2.01. The summed E-state index contributed by atoms with van der Waals surface area (Å²) < 4.78 is 3.28. The van der Waals surface area contributed by atoms with Crippen LogP contribution in [0, 0.1) is 2.88 Å². The maximum Gasteiger partial charge on any atom is 0.0725 e. The number of rotatable bonds is 3. The summed E-state index contributed by atoms with van der Waals surface area (Å²) in [7, 11) is 0. The molecule has 7 heteroatoms. The first-order chi connectivity index (χ1) is 8.79. The molecule has 18 heavy (non-hydrogen) atoms. The largest absolute Gasteiger partial charge is 0.264 e. The van der Waals surface area contributed by atoms with Crippen molar-refractivity contribution in [2.45, 2.75) is 19.4 Å². The summed E-state index contributed by atoms with van der Waals surface area (Å²) in [6.45, 7) is 1.09. The maximum absolute atomic E-state index is 8.32. The van der Waals surface area contributed by atoms with Crippen LogP contribution >= 0.6 is 33.9 Å². The Morgan fingerprint density at radius 2 is 2.44 bits per heavy atom. The normalized spacial score (nSPS) is 12.7. The molecule has 1 aliphatic carbocycles. The van der Waals surface area contributed by atoms with E-state index in [1.807, 2.05) is 22.2 Å². The smallest absolute Gasteiger partial charge is 0.0725 e. The van der Waals surface area contributed by atoms with Gasteiger partial charge in [-0.2, -0.15) is 5.10 Å². The molecule has 5 nitrogen and oxygen atoms in total. The quantitative estimate of drug-likeness (QED) is 0.352. The lowest BCUT2D eigenvalue weighted by molar-refractivity contribution is 0.629. The van der Waals surface area contributed by atoms with E-state index in [4.69, 9.17) is 5.53 Å². The predicted molar refractivity (Wildman–Crippen MR) is 79.7 cm³/mol. The summed E-state index contributed by atoms with van der Waals surface area (Å²) in [6.07, 6.45) is 4.11. The molecule has 0 bridgehead atoms. The third-order valence-electron chi connectivity index (χ3n) is 3.05. The molecule has 3 rings (SSSR count). The standard InChI is InChI=1S/C11H10IN5S/c12-10-5-8-9(18-10)2-1-7-6-15-17(11(7)8)4-3-14-16-13/h5-6H,1-4H2. The van der Waals surface area contributed by atoms with Crippen molar-refractivity contribution >= 4 is 33.9 Å². The van der Waals surface area contributed by atoms with E-state index in [1.165, 1.54) is 24.6 Å². The molecule has 1 aliphatic rings. The van der Waals surface area contributed by atoms with Crippen LogP contribution in [0.4, 0.5) is 0 Å². The van der Waals surface area contributed by atoms with Gasteiger partial charge in [-0.25, -0.2) is 0 Å². The van der Waals surface area contributed by atoms with Crippen LogP contribution in [-0.4, -0.2) is 16.3 Å². The molecule has 0 fully saturated rings. The molecule has 2 aromatic heterocycles. The molecule has 0 N–H and O–H groups in total. The third kappa shape index (κ3) is 2.02. The van der Waals surface area contributed by atoms with Gasteiger partial charge in [0.2, 0.25) is 0 Å². The van der Waals surface area contributed by atoms with Gasteiger partial charge in [0.05, 0.1) is 14.8 Å². The minimum absolute atomic E-state index is 0.446. The van der Waals surface area contributed by atoms with E-state index in [2.05, 4.69) is 43.8 Å². The van der Waals surface area contributed by atoms with E-state index in [0.29, 0.717) is 13.1 Å². The monoisotopic (exact) mass is 371 g/mol. The van der Waals surface area contributed by atoms with Gasteiger partial charge in [-0.1, -0.05) is 5.11 Å². The minimum atomic E-state index is 0.446. The number of halogens is 1. The van der Waals surface area contributed by atoms with Gasteiger partial charge in [0.15, 0.2) is 0 Å². The van der Waals surface area contributed by atoms with Gasteiger partial charge in [0.25, 0.3) is 0 Å². The molecule has 0 saturated carbocycles. The van der Waals surface area contributed by atoms with Crippen LogP contribution < -0.4 is 0 Å². The Hall–Kier alpha value is -1.05. The minimum Gasteiger partial charge on any atom is -0.264 e. The van der Waals surface area contributed by atoms with Crippen LogP contribution in [0.5, 0.6) is 0 Å². The lowest BCUT2D eigenvalue weighted by atomic mass is 9.97. The first-order valence-corrected chi connectivity index (χ1v) is 7.53. The first kappa shape index (κ1) is 12.0. The molecule has 0 radical (unpaired) electrons. The van der Waals surface area contributed by atoms with Gasteiger partial charge in [-0.15, -0.1) is 11.3 Å². The third-order valence-corrected chi connectivity index (χ3v) is 5.00. The predicted octanol–water partition coefficient (Wildman–Crippen LogP) is 3.63. The van der Waals surface area contributed by atoms with E-state index < -0.39 is 0 Å². The van der Waals surface area contributed by atoms with Crippen molar-refractivity contribution in [3.05, 3.63) is 36.0 Å². The van der Waals surface area contributed by atoms with Gasteiger partial charge in [-0.3, -0.25) is 4.68 Å². The first-order valence-electron chi connectivity index (χ1n) is 5.63. The van der Waals surface area contributed by atoms with Crippen molar-refractivity contribution < 1.29 is 0 Å². The highest BCUT2D eigenvalue weighted by atomic mass is 127. The van der Waals surface area contributed by atoms with Crippen LogP contribution in [0.3, 0.4) is 0 Å². The molecule has 2 aromatic rings. The van der Waals surface area contributed by atoms with E-state index >= 15 is 0 Å². The molecular formula is C11H10IN5S. The molecule has 0 amide bonds. The van der Waals surface area contributed by atoms with Crippen LogP contribution in [0.25, 0.3) is 21.7 Å². The molecule has 2 heterocycles. The lowest BCUT2D eigenvalue weighted by Gasteiger charge is -2.14. The van der Waals surface area contributed by atoms with Crippen LogP contribution in [0.2, 0.25) is 0 Å². The molecule has 0 atom stereocenters. The van der Waals surface area contributed by atoms with Crippen molar-refractivity contribution in [2.75, 3.05) is 6.54 Å². The summed E-state index contributed by atoms with van der Waals surface area (Å²) in [5, 5.41) is 7.99. The van der Waals surface area contributed by atoms with E-state index in [0.717, 1.165) is 12.8 Å². The van der Waals surface area contributed by atoms with Crippen molar-refractivity contribution in [2.24, 2.45) is 5.11 Å². The molecule has 0 unspecified atom stereocenters. The van der Waals surface area contributed by atoms with Gasteiger partial charge >= 0.3 is 0 Å². The Kier molecular flexibility index (Phi) is 3.27. The fraction of sp³-hybridized carbons (Fsp3) is 0.364. The number of thiophene rings is 1. The maximum atomic E-state index is 8.32. The average Bonchev–Trinajstić information content (AvgIpc) is 2.91. The zero-order valence-electron chi connectivity index (χ0n) is 9.51. The number of azide groups is 1. The number of aromatic nitrogens is 2. The van der Waals surface area contributed by atoms with Crippen LogP contribution in [-0.2, 0) is 19.4 Å². The van der Waals surface area contributed by atoms with Gasteiger partial charge < -0.3 is 0 Å². The summed E-state index contributed by atoms with van der Waals surface area (Å²) in [4.78, 5) is 4.22. The van der Waals surface area contributed by atoms with Crippen molar-refractivity contribution in [1.82, 2.24) is 9.78 Å². The van der Waals surface area contributed by atoms with Gasteiger partial charge in [-0.05, 0) is 52.6 Å². The fourth-order valence-corrected chi connectivity index (χ4v) is 4.29. The Morgan fingerprint density at radius 1 is 1.56 bits per heavy atom. The van der Waals surface area contributed by atoms with Crippen molar-refractivity contribution in [3.63, 3.8) is 0 Å². The Morgan fingerprint density at radius 3 is 3.28 bits per heavy atom. The average molecular weight is 371 g/mol. The zero-order valence-corrected chi connectivity index (χ0v) is 12.5. The summed E-state index contributed by atoms with van der Waals surface area (Å²) >= 11 is 4.22. The highest BCUT2D eigenvalue weighted by Gasteiger charge is 2.22. The lowest BCUT2D eigenvalue weighted by Crippen LogP contribution is -2.08. The number of nitrogens with zero attached hydrogens (tertiary/aromatic N) is 5. The number of hydrogen-bond acceptors (Lipinski definition) is 3. The number of hydrogen-bond donors (Lipinski definition) is 0. The molecule has 0 spiro atoms. The molecule has 0 aliphatic heterocycles. The molecule has 0 aromatic carbocycles. The second-order valence-corrected chi connectivity index (χ2v) is 7.11. The molecule has 92 valence electrons. The summed E-state index contributed by atoms with van der Waals surface area (Å²) in [5.41, 5.74) is 12.1. The molecular weight excluding hydrogens is 361 g/mol.